The molecular weight excluding hydrogens is 224 g/mol. The van der Waals surface area contributed by atoms with Crippen LogP contribution >= 0.6 is 0 Å². The standard InChI is InChI=1S/C11H20N2O4/c1-8(2)7-9(17-11(12)15)10(14)13-3-5-16-6-4-13/h8-9H,3-7H2,1-2H3,(H2,12,15). The first-order valence-corrected chi connectivity index (χ1v) is 5.83. The summed E-state index contributed by atoms with van der Waals surface area (Å²) in [5, 5.41) is 0. The van der Waals surface area contributed by atoms with E-state index in [-0.39, 0.29) is 11.8 Å². The van der Waals surface area contributed by atoms with Gasteiger partial charge in [0.1, 0.15) is 0 Å². The highest BCUT2D eigenvalue weighted by Gasteiger charge is 2.28. The van der Waals surface area contributed by atoms with Crippen LogP contribution in [-0.2, 0) is 14.3 Å². The minimum absolute atomic E-state index is 0.180. The first kappa shape index (κ1) is 13.8. The fourth-order valence-corrected chi connectivity index (χ4v) is 1.76. The molecule has 1 fully saturated rings. The lowest BCUT2D eigenvalue weighted by atomic mass is 10.0. The van der Waals surface area contributed by atoms with Crippen molar-refractivity contribution < 1.29 is 19.1 Å². The van der Waals surface area contributed by atoms with Crippen LogP contribution in [0.25, 0.3) is 0 Å². The van der Waals surface area contributed by atoms with Crippen LogP contribution in [-0.4, -0.2) is 49.3 Å². The molecule has 2 amide bonds. The van der Waals surface area contributed by atoms with Gasteiger partial charge in [0.2, 0.25) is 0 Å². The van der Waals surface area contributed by atoms with E-state index in [1.807, 2.05) is 13.8 Å². The summed E-state index contributed by atoms with van der Waals surface area (Å²) in [6.45, 7) is 6.05. The number of nitrogens with zero attached hydrogens (tertiary/aromatic N) is 1. The van der Waals surface area contributed by atoms with Gasteiger partial charge >= 0.3 is 6.09 Å². The molecule has 98 valence electrons. The Morgan fingerprint density at radius 1 is 1.35 bits per heavy atom. The third kappa shape index (κ3) is 4.60. The van der Waals surface area contributed by atoms with Crippen LogP contribution in [0.3, 0.4) is 0 Å². The molecule has 1 rings (SSSR count). The predicted octanol–water partition coefficient (Wildman–Crippen LogP) is 0.355. The number of ether oxygens (including phenoxy) is 2. The van der Waals surface area contributed by atoms with Crippen molar-refractivity contribution in [3.63, 3.8) is 0 Å². The first-order chi connectivity index (χ1) is 8.00. The lowest BCUT2D eigenvalue weighted by Crippen LogP contribution is -2.47. The van der Waals surface area contributed by atoms with E-state index in [4.69, 9.17) is 15.2 Å². The summed E-state index contributed by atoms with van der Waals surface area (Å²) in [7, 11) is 0. The number of primary amides is 1. The van der Waals surface area contributed by atoms with Gasteiger partial charge in [-0.15, -0.1) is 0 Å². The molecule has 2 N–H and O–H groups in total. The molecule has 1 aliphatic heterocycles. The fraction of sp³-hybridized carbons (Fsp3) is 0.818. The van der Waals surface area contributed by atoms with Gasteiger partial charge in [-0.05, 0) is 12.3 Å². The van der Waals surface area contributed by atoms with Crippen molar-refractivity contribution in [3.05, 3.63) is 0 Å². The summed E-state index contributed by atoms with van der Waals surface area (Å²) in [4.78, 5) is 24.5. The van der Waals surface area contributed by atoms with Crippen LogP contribution in [0.15, 0.2) is 0 Å². The molecule has 1 unspecified atom stereocenters. The second-order valence-electron chi connectivity index (χ2n) is 4.49. The highest BCUT2D eigenvalue weighted by Crippen LogP contribution is 2.12. The SMILES string of the molecule is CC(C)CC(OC(N)=O)C(=O)N1CCOCC1. The van der Waals surface area contributed by atoms with Crippen molar-refractivity contribution in [2.45, 2.75) is 26.4 Å². The molecule has 0 bridgehead atoms. The number of morpholine rings is 1. The van der Waals surface area contributed by atoms with E-state index in [0.717, 1.165) is 0 Å². The molecule has 0 radical (unpaired) electrons. The van der Waals surface area contributed by atoms with Crippen LogP contribution in [0.5, 0.6) is 0 Å². The third-order valence-corrected chi connectivity index (χ3v) is 2.54. The molecule has 17 heavy (non-hydrogen) atoms. The topological polar surface area (TPSA) is 81.9 Å². The molecular formula is C11H20N2O4. The Kier molecular flexibility index (Phi) is 5.21. The molecule has 0 aliphatic carbocycles. The van der Waals surface area contributed by atoms with Gasteiger partial charge in [-0.1, -0.05) is 13.8 Å². The maximum atomic E-state index is 12.1. The summed E-state index contributed by atoms with van der Waals surface area (Å²) in [5.74, 6) is 0.0742. The average molecular weight is 244 g/mol. The van der Waals surface area contributed by atoms with Crippen molar-refractivity contribution in [2.75, 3.05) is 26.3 Å². The van der Waals surface area contributed by atoms with Crippen molar-refractivity contribution in [1.82, 2.24) is 4.90 Å². The van der Waals surface area contributed by atoms with Gasteiger partial charge in [0.15, 0.2) is 6.10 Å². The lowest BCUT2D eigenvalue weighted by Gasteiger charge is -2.30. The highest BCUT2D eigenvalue weighted by molar-refractivity contribution is 5.83. The van der Waals surface area contributed by atoms with Gasteiger partial charge < -0.3 is 20.1 Å². The predicted molar refractivity (Wildman–Crippen MR) is 61.3 cm³/mol. The molecule has 1 aliphatic rings. The molecule has 6 heteroatoms. The number of amides is 2. The number of rotatable bonds is 4. The van der Waals surface area contributed by atoms with E-state index in [2.05, 4.69) is 0 Å². The van der Waals surface area contributed by atoms with Crippen molar-refractivity contribution in [2.24, 2.45) is 11.7 Å². The molecule has 0 spiro atoms. The summed E-state index contributed by atoms with van der Waals surface area (Å²) < 4.78 is 10.0. The van der Waals surface area contributed by atoms with Crippen LogP contribution in [0.4, 0.5) is 4.79 Å². The summed E-state index contributed by atoms with van der Waals surface area (Å²) in [6.07, 6.45) is -1.19. The quantitative estimate of drug-likeness (QED) is 0.774. The molecule has 0 aromatic heterocycles. The minimum atomic E-state index is -0.905. The second-order valence-corrected chi connectivity index (χ2v) is 4.49. The number of nitrogens with two attached hydrogens (primary N) is 1. The summed E-state index contributed by atoms with van der Waals surface area (Å²) in [5.41, 5.74) is 4.98. The van der Waals surface area contributed by atoms with Gasteiger partial charge in [-0.25, -0.2) is 4.79 Å². The van der Waals surface area contributed by atoms with E-state index >= 15 is 0 Å². The van der Waals surface area contributed by atoms with Gasteiger partial charge in [0.25, 0.3) is 5.91 Å². The molecule has 0 aromatic rings. The zero-order chi connectivity index (χ0) is 12.8. The number of carbonyl (C=O) groups excluding carboxylic acids is 2. The highest BCUT2D eigenvalue weighted by atomic mass is 16.6. The smallest absolute Gasteiger partial charge is 0.405 e. The Labute approximate surface area is 101 Å². The molecule has 1 atom stereocenters. The summed E-state index contributed by atoms with van der Waals surface area (Å²) >= 11 is 0. The van der Waals surface area contributed by atoms with E-state index in [1.54, 1.807) is 4.90 Å². The lowest BCUT2D eigenvalue weighted by molar-refractivity contribution is -0.145. The second kappa shape index (κ2) is 6.44. The zero-order valence-corrected chi connectivity index (χ0v) is 10.3. The zero-order valence-electron chi connectivity index (χ0n) is 10.3. The van der Waals surface area contributed by atoms with Gasteiger partial charge in [-0.2, -0.15) is 0 Å². The summed E-state index contributed by atoms with van der Waals surface area (Å²) in [6, 6.07) is 0. The van der Waals surface area contributed by atoms with Crippen LogP contribution in [0, 0.1) is 5.92 Å². The Morgan fingerprint density at radius 2 is 1.94 bits per heavy atom. The largest absolute Gasteiger partial charge is 0.436 e. The van der Waals surface area contributed by atoms with Gasteiger partial charge in [-0.3, -0.25) is 4.79 Å². The average Bonchev–Trinajstić information content (AvgIpc) is 2.27. The molecule has 1 saturated heterocycles. The Hall–Kier alpha value is -1.30. The first-order valence-electron chi connectivity index (χ1n) is 5.83. The molecule has 0 saturated carbocycles. The number of carbonyl (C=O) groups is 2. The fourth-order valence-electron chi connectivity index (χ4n) is 1.76. The molecule has 0 aromatic carbocycles. The van der Waals surface area contributed by atoms with E-state index in [1.165, 1.54) is 0 Å². The Morgan fingerprint density at radius 3 is 2.41 bits per heavy atom. The normalized spacial score (nSPS) is 17.9. The van der Waals surface area contributed by atoms with E-state index in [0.29, 0.717) is 32.7 Å². The maximum absolute atomic E-state index is 12.1. The van der Waals surface area contributed by atoms with Gasteiger partial charge in [0, 0.05) is 13.1 Å². The Balaban J connectivity index is 2.60. The van der Waals surface area contributed by atoms with Crippen LogP contribution < -0.4 is 5.73 Å². The Bertz CT molecular complexity index is 275. The minimum Gasteiger partial charge on any atom is -0.436 e. The number of hydrogen-bond acceptors (Lipinski definition) is 4. The van der Waals surface area contributed by atoms with Gasteiger partial charge in [0.05, 0.1) is 13.2 Å². The van der Waals surface area contributed by atoms with E-state index < -0.39 is 12.2 Å². The maximum Gasteiger partial charge on any atom is 0.405 e. The van der Waals surface area contributed by atoms with E-state index in [9.17, 15) is 9.59 Å². The van der Waals surface area contributed by atoms with Crippen LogP contribution in [0.2, 0.25) is 0 Å². The number of hydrogen-bond donors (Lipinski definition) is 1. The van der Waals surface area contributed by atoms with Crippen molar-refractivity contribution in [3.8, 4) is 0 Å². The van der Waals surface area contributed by atoms with Crippen molar-refractivity contribution in [1.29, 1.82) is 0 Å². The molecule has 6 nitrogen and oxygen atoms in total. The van der Waals surface area contributed by atoms with Crippen molar-refractivity contribution >= 4 is 12.0 Å². The van der Waals surface area contributed by atoms with Crippen LogP contribution in [0.1, 0.15) is 20.3 Å². The monoisotopic (exact) mass is 244 g/mol. The molecule has 1 heterocycles. The third-order valence-electron chi connectivity index (χ3n) is 2.54.